The van der Waals surface area contributed by atoms with Crippen LogP contribution in [0, 0.1) is 0 Å². The quantitative estimate of drug-likeness (QED) is 0.713. The first-order valence-corrected chi connectivity index (χ1v) is 6.74. The molecule has 22 heavy (non-hydrogen) atoms. The van der Waals surface area contributed by atoms with Gasteiger partial charge in [0.15, 0.2) is 11.2 Å². The molecule has 112 valence electrons. The number of fused-ring (bicyclic) bond motifs is 1. The molecule has 0 aliphatic carbocycles. The van der Waals surface area contributed by atoms with Crippen LogP contribution in [-0.2, 0) is 14.1 Å². The van der Waals surface area contributed by atoms with Crippen molar-refractivity contribution >= 4 is 22.8 Å². The van der Waals surface area contributed by atoms with Crippen molar-refractivity contribution < 1.29 is 0 Å². The lowest BCUT2D eigenvalue weighted by Crippen LogP contribution is -2.38. The molecular formula is C14H11ClN4O3. The van der Waals surface area contributed by atoms with Gasteiger partial charge < -0.3 is 4.98 Å². The van der Waals surface area contributed by atoms with E-state index in [4.69, 9.17) is 11.6 Å². The number of rotatable bonds is 1. The zero-order valence-corrected chi connectivity index (χ0v) is 12.5. The average Bonchev–Trinajstić information content (AvgIpc) is 2.51. The third kappa shape index (κ3) is 2.06. The fraction of sp³-hybridized carbons (Fsp3) is 0.143. The van der Waals surface area contributed by atoms with Gasteiger partial charge in [-0.25, -0.2) is 9.78 Å². The number of nitrogens with one attached hydrogen (secondary N) is 1. The Kier molecular flexibility index (Phi) is 3.22. The molecule has 2 aromatic heterocycles. The standard InChI is InChI=1S/C14H11ClN4O3/c1-18-11-10(13(21)19(2)14(18)22)17-12(20)9(16-11)7-3-5-8(15)6-4-7/h3-6H,1-2H3,(H,17,20). The van der Waals surface area contributed by atoms with E-state index in [2.05, 4.69) is 9.97 Å². The third-order valence-electron chi connectivity index (χ3n) is 3.42. The largest absolute Gasteiger partial charge is 0.332 e. The molecule has 1 N–H and O–H groups in total. The van der Waals surface area contributed by atoms with E-state index in [0.717, 1.165) is 4.57 Å². The minimum atomic E-state index is -0.592. The number of aryl methyl sites for hydroxylation is 1. The monoisotopic (exact) mass is 318 g/mol. The highest BCUT2D eigenvalue weighted by Gasteiger charge is 2.14. The Hall–Kier alpha value is -2.67. The summed E-state index contributed by atoms with van der Waals surface area (Å²) < 4.78 is 2.13. The second kappa shape index (κ2) is 4.96. The van der Waals surface area contributed by atoms with Crippen LogP contribution in [0.1, 0.15) is 0 Å². The zero-order chi connectivity index (χ0) is 16.0. The van der Waals surface area contributed by atoms with Crippen molar-refractivity contribution in [3.8, 4) is 11.3 Å². The van der Waals surface area contributed by atoms with Gasteiger partial charge in [0.1, 0.15) is 5.69 Å². The van der Waals surface area contributed by atoms with Crippen LogP contribution in [0.2, 0.25) is 5.02 Å². The SMILES string of the molecule is Cn1c(=O)c2[nH]c(=O)c(-c3ccc(Cl)cc3)nc2n(C)c1=O. The van der Waals surface area contributed by atoms with E-state index in [0.29, 0.717) is 10.6 Å². The molecule has 0 saturated carbocycles. The Morgan fingerprint density at radius 3 is 2.32 bits per heavy atom. The van der Waals surface area contributed by atoms with Gasteiger partial charge >= 0.3 is 5.69 Å². The molecule has 0 amide bonds. The van der Waals surface area contributed by atoms with Gasteiger partial charge in [0.25, 0.3) is 11.1 Å². The summed E-state index contributed by atoms with van der Waals surface area (Å²) in [6.07, 6.45) is 0. The summed E-state index contributed by atoms with van der Waals surface area (Å²) in [7, 11) is 2.83. The number of benzene rings is 1. The van der Waals surface area contributed by atoms with E-state index < -0.39 is 16.8 Å². The van der Waals surface area contributed by atoms with Gasteiger partial charge in [-0.3, -0.25) is 18.7 Å². The molecule has 8 heteroatoms. The van der Waals surface area contributed by atoms with Crippen LogP contribution in [0.15, 0.2) is 38.6 Å². The van der Waals surface area contributed by atoms with Gasteiger partial charge in [0.05, 0.1) is 0 Å². The maximum Gasteiger partial charge on any atom is 0.332 e. The van der Waals surface area contributed by atoms with E-state index in [1.807, 2.05) is 0 Å². The van der Waals surface area contributed by atoms with Crippen molar-refractivity contribution in [2.24, 2.45) is 14.1 Å². The predicted molar refractivity (Wildman–Crippen MR) is 83.3 cm³/mol. The fourth-order valence-electron chi connectivity index (χ4n) is 2.21. The van der Waals surface area contributed by atoms with Crippen LogP contribution < -0.4 is 16.8 Å². The summed E-state index contributed by atoms with van der Waals surface area (Å²) in [6.45, 7) is 0. The molecule has 0 atom stereocenters. The molecule has 3 rings (SSSR count). The molecule has 3 aromatic rings. The number of halogens is 1. The van der Waals surface area contributed by atoms with E-state index in [1.165, 1.54) is 18.7 Å². The van der Waals surface area contributed by atoms with Gasteiger partial charge in [-0.2, -0.15) is 0 Å². The van der Waals surface area contributed by atoms with Crippen LogP contribution in [0.3, 0.4) is 0 Å². The van der Waals surface area contributed by atoms with Gasteiger partial charge in [0.2, 0.25) is 0 Å². The molecule has 0 unspecified atom stereocenters. The number of aromatic amines is 1. The highest BCUT2D eigenvalue weighted by Crippen LogP contribution is 2.17. The zero-order valence-electron chi connectivity index (χ0n) is 11.8. The van der Waals surface area contributed by atoms with Crippen LogP contribution >= 0.6 is 11.6 Å². The lowest BCUT2D eigenvalue weighted by molar-refractivity contribution is 0.704. The second-order valence-corrected chi connectivity index (χ2v) is 5.26. The Morgan fingerprint density at radius 1 is 1.05 bits per heavy atom. The lowest BCUT2D eigenvalue weighted by Gasteiger charge is -2.08. The Balaban J connectivity index is 2.43. The summed E-state index contributed by atoms with van der Waals surface area (Å²) >= 11 is 5.82. The molecule has 1 aromatic carbocycles. The highest BCUT2D eigenvalue weighted by molar-refractivity contribution is 6.30. The number of H-pyrrole nitrogens is 1. The van der Waals surface area contributed by atoms with E-state index in [-0.39, 0.29) is 16.9 Å². The third-order valence-corrected chi connectivity index (χ3v) is 3.67. The maximum absolute atomic E-state index is 12.2. The molecular weight excluding hydrogens is 308 g/mol. The molecule has 0 fully saturated rings. The van der Waals surface area contributed by atoms with Crippen LogP contribution in [0.4, 0.5) is 0 Å². The lowest BCUT2D eigenvalue weighted by atomic mass is 10.1. The molecule has 0 aliphatic rings. The number of hydrogen-bond donors (Lipinski definition) is 1. The topological polar surface area (TPSA) is 89.8 Å². The minimum absolute atomic E-state index is 0.00712. The maximum atomic E-state index is 12.2. The van der Waals surface area contributed by atoms with Gasteiger partial charge in [-0.05, 0) is 12.1 Å². The van der Waals surface area contributed by atoms with Gasteiger partial charge in [-0.15, -0.1) is 0 Å². The minimum Gasteiger partial charge on any atom is -0.313 e. The van der Waals surface area contributed by atoms with E-state index in [1.54, 1.807) is 24.3 Å². The fourth-order valence-corrected chi connectivity index (χ4v) is 2.33. The van der Waals surface area contributed by atoms with Gasteiger partial charge in [0, 0.05) is 24.7 Å². The van der Waals surface area contributed by atoms with Crippen molar-refractivity contribution in [1.29, 1.82) is 0 Å². The van der Waals surface area contributed by atoms with E-state index >= 15 is 0 Å². The molecule has 0 saturated heterocycles. The van der Waals surface area contributed by atoms with E-state index in [9.17, 15) is 14.4 Å². The van der Waals surface area contributed by atoms with Gasteiger partial charge in [-0.1, -0.05) is 23.7 Å². The summed E-state index contributed by atoms with van der Waals surface area (Å²) in [5.41, 5.74) is -0.840. The Morgan fingerprint density at radius 2 is 1.68 bits per heavy atom. The summed E-state index contributed by atoms with van der Waals surface area (Å²) in [5, 5.41) is 0.530. The van der Waals surface area contributed by atoms with Crippen molar-refractivity contribution in [2.75, 3.05) is 0 Å². The van der Waals surface area contributed by atoms with Crippen LogP contribution in [0.5, 0.6) is 0 Å². The molecule has 7 nitrogen and oxygen atoms in total. The smallest absolute Gasteiger partial charge is 0.313 e. The molecule has 2 heterocycles. The normalized spacial score (nSPS) is 11.0. The molecule has 0 radical (unpaired) electrons. The molecule has 0 bridgehead atoms. The molecule has 0 aliphatic heterocycles. The van der Waals surface area contributed by atoms with Crippen LogP contribution in [0.25, 0.3) is 22.4 Å². The average molecular weight is 319 g/mol. The second-order valence-electron chi connectivity index (χ2n) is 4.83. The predicted octanol–water partition coefficient (Wildman–Crippen LogP) is 0.641. The van der Waals surface area contributed by atoms with Crippen molar-refractivity contribution in [3.05, 3.63) is 60.5 Å². The number of hydrogen-bond acceptors (Lipinski definition) is 4. The number of aromatic nitrogens is 4. The van der Waals surface area contributed by atoms with Crippen molar-refractivity contribution in [2.45, 2.75) is 0 Å². The Bertz CT molecular complexity index is 1060. The Labute approximate surface area is 128 Å². The first-order valence-electron chi connectivity index (χ1n) is 6.36. The van der Waals surface area contributed by atoms with Crippen molar-refractivity contribution in [1.82, 2.24) is 19.1 Å². The first-order chi connectivity index (χ1) is 10.4. The summed E-state index contributed by atoms with van der Waals surface area (Å²) in [6, 6.07) is 6.55. The van der Waals surface area contributed by atoms with Crippen LogP contribution in [-0.4, -0.2) is 19.1 Å². The highest BCUT2D eigenvalue weighted by atomic mass is 35.5. The summed E-state index contributed by atoms with van der Waals surface area (Å²) in [4.78, 5) is 42.9. The molecule has 0 spiro atoms. The summed E-state index contributed by atoms with van der Waals surface area (Å²) in [5.74, 6) is 0. The van der Waals surface area contributed by atoms with Crippen molar-refractivity contribution in [3.63, 3.8) is 0 Å². The number of nitrogens with zero attached hydrogens (tertiary/aromatic N) is 3. The first kappa shape index (κ1) is 14.3.